The van der Waals surface area contributed by atoms with E-state index < -0.39 is 5.41 Å². The normalized spacial score (nSPS) is 17.7. The van der Waals surface area contributed by atoms with Crippen LogP contribution in [0.3, 0.4) is 0 Å². The molecule has 3 nitrogen and oxygen atoms in total. The van der Waals surface area contributed by atoms with Crippen LogP contribution < -0.4 is 4.74 Å². The monoisotopic (exact) mass is 792 g/mol. The molecular formula is C59H40N2O. The van der Waals surface area contributed by atoms with Gasteiger partial charge in [-0.25, -0.2) is 9.97 Å². The Kier molecular flexibility index (Phi) is 8.53. The molecule has 0 N–H and O–H groups in total. The fraction of sp³-hybridized carbons (Fsp3) is 0.0508. The van der Waals surface area contributed by atoms with Crippen LogP contribution in [0.4, 0.5) is 0 Å². The molecule has 0 saturated carbocycles. The Morgan fingerprint density at radius 1 is 0.387 bits per heavy atom. The number of nitrogens with zero attached hydrogens (tertiary/aromatic N) is 2. The molecular weight excluding hydrogens is 753 g/mol. The topological polar surface area (TPSA) is 35.0 Å². The molecule has 2 heterocycles. The summed E-state index contributed by atoms with van der Waals surface area (Å²) in [5.41, 5.74) is 16.1. The molecule has 62 heavy (non-hydrogen) atoms. The minimum atomic E-state index is -0.445. The zero-order chi connectivity index (χ0) is 41.0. The summed E-state index contributed by atoms with van der Waals surface area (Å²) in [6.45, 7) is 0. The average Bonchev–Trinajstić information content (AvgIpc) is 3.65. The van der Waals surface area contributed by atoms with Gasteiger partial charge in [0, 0.05) is 45.2 Å². The van der Waals surface area contributed by atoms with Gasteiger partial charge in [0.15, 0.2) is 5.82 Å². The Bertz CT molecular complexity index is 3100. The molecule has 292 valence electrons. The molecule has 2 aliphatic carbocycles. The summed E-state index contributed by atoms with van der Waals surface area (Å²) in [7, 11) is 0. The van der Waals surface area contributed by atoms with Gasteiger partial charge in [0.25, 0.3) is 0 Å². The third-order valence-corrected chi connectivity index (χ3v) is 13.1. The highest BCUT2D eigenvalue weighted by molar-refractivity contribution is 5.88. The fourth-order valence-electron chi connectivity index (χ4n) is 10.3. The Balaban J connectivity index is 1.04. The van der Waals surface area contributed by atoms with Gasteiger partial charge in [0.2, 0.25) is 0 Å². The van der Waals surface area contributed by atoms with Crippen molar-refractivity contribution in [1.82, 2.24) is 9.97 Å². The van der Waals surface area contributed by atoms with Crippen molar-refractivity contribution in [2.45, 2.75) is 11.3 Å². The smallest absolute Gasteiger partial charge is 0.161 e. The van der Waals surface area contributed by atoms with Crippen LogP contribution in [-0.2, 0) is 5.41 Å². The van der Waals surface area contributed by atoms with Gasteiger partial charge in [0.05, 0.1) is 16.8 Å². The summed E-state index contributed by atoms with van der Waals surface area (Å²) < 4.78 is 7.13. The first-order chi connectivity index (χ1) is 30.7. The third kappa shape index (κ3) is 5.73. The SMILES string of the molecule is C1=CC2c3ccccc3C3(c4ccccc4Oc4c(-c5ccccc5-c5nc(-c6ccc(-c7ccccc7)cc6)cc(-c6ccc(-c7ccccc7)cc6)n5)cccc43)C2C=C1. The largest absolute Gasteiger partial charge is 0.456 e. The molecule has 3 aliphatic rings. The lowest BCUT2D eigenvalue weighted by Crippen LogP contribution is -2.37. The average molecular weight is 793 g/mol. The lowest BCUT2D eigenvalue weighted by atomic mass is 9.61. The quantitative estimate of drug-likeness (QED) is 0.168. The zero-order valence-corrected chi connectivity index (χ0v) is 33.9. The second-order valence-electron chi connectivity index (χ2n) is 16.4. The number of allylic oxidation sites excluding steroid dienone is 4. The maximum Gasteiger partial charge on any atom is 0.161 e. The molecule has 0 amide bonds. The first kappa shape index (κ1) is 36.0. The number of benzene rings is 8. The lowest BCUT2D eigenvalue weighted by Gasteiger charge is -2.43. The first-order valence-corrected chi connectivity index (χ1v) is 21.4. The van der Waals surface area contributed by atoms with Crippen molar-refractivity contribution in [2.24, 2.45) is 5.92 Å². The predicted molar refractivity (Wildman–Crippen MR) is 252 cm³/mol. The van der Waals surface area contributed by atoms with E-state index in [0.717, 1.165) is 61.8 Å². The highest BCUT2D eigenvalue weighted by atomic mass is 16.5. The van der Waals surface area contributed by atoms with Crippen LogP contribution in [0.1, 0.15) is 28.2 Å². The molecule has 0 fully saturated rings. The Morgan fingerprint density at radius 3 is 1.56 bits per heavy atom. The van der Waals surface area contributed by atoms with Crippen molar-refractivity contribution < 1.29 is 4.74 Å². The molecule has 12 rings (SSSR count). The van der Waals surface area contributed by atoms with Gasteiger partial charge in [-0.1, -0.05) is 218 Å². The van der Waals surface area contributed by atoms with Crippen LogP contribution in [0, 0.1) is 5.92 Å². The van der Waals surface area contributed by atoms with E-state index in [-0.39, 0.29) is 11.8 Å². The zero-order valence-electron chi connectivity index (χ0n) is 33.9. The molecule has 0 saturated heterocycles. The maximum atomic E-state index is 7.13. The van der Waals surface area contributed by atoms with Gasteiger partial charge in [-0.15, -0.1) is 0 Å². The van der Waals surface area contributed by atoms with Crippen molar-refractivity contribution in [3.8, 4) is 78.8 Å². The van der Waals surface area contributed by atoms with E-state index in [0.29, 0.717) is 5.82 Å². The molecule has 0 radical (unpaired) electrons. The lowest BCUT2D eigenvalue weighted by molar-refractivity contribution is 0.375. The Morgan fingerprint density at radius 2 is 0.887 bits per heavy atom. The van der Waals surface area contributed by atoms with Crippen LogP contribution in [0.15, 0.2) is 231 Å². The van der Waals surface area contributed by atoms with Crippen molar-refractivity contribution in [3.05, 3.63) is 253 Å². The number of rotatable bonds is 6. The number of para-hydroxylation sites is 2. The highest BCUT2D eigenvalue weighted by Crippen LogP contribution is 2.65. The van der Waals surface area contributed by atoms with Gasteiger partial charge in [0.1, 0.15) is 11.5 Å². The fourth-order valence-corrected chi connectivity index (χ4v) is 10.3. The molecule has 1 spiro atoms. The Labute approximate surface area is 362 Å². The molecule has 3 heteroatoms. The molecule has 1 aliphatic heterocycles. The van der Waals surface area contributed by atoms with Gasteiger partial charge in [-0.05, 0) is 51.1 Å². The van der Waals surface area contributed by atoms with Gasteiger partial charge in [-0.2, -0.15) is 0 Å². The van der Waals surface area contributed by atoms with Gasteiger partial charge < -0.3 is 4.74 Å². The van der Waals surface area contributed by atoms with Crippen molar-refractivity contribution in [3.63, 3.8) is 0 Å². The second kappa shape index (κ2) is 14.7. The summed E-state index contributed by atoms with van der Waals surface area (Å²) in [5, 5.41) is 0. The number of aromatic nitrogens is 2. The van der Waals surface area contributed by atoms with Crippen LogP contribution in [-0.4, -0.2) is 9.97 Å². The summed E-state index contributed by atoms with van der Waals surface area (Å²) in [6, 6.07) is 73.4. The highest BCUT2D eigenvalue weighted by Gasteiger charge is 2.56. The van der Waals surface area contributed by atoms with Crippen molar-refractivity contribution in [2.75, 3.05) is 0 Å². The van der Waals surface area contributed by atoms with Crippen LogP contribution in [0.25, 0.3) is 67.3 Å². The molecule has 1 aromatic heterocycles. The van der Waals surface area contributed by atoms with Crippen LogP contribution in [0.5, 0.6) is 11.5 Å². The number of hydrogen-bond acceptors (Lipinski definition) is 3. The number of fused-ring (bicyclic) bond motifs is 9. The Hall–Kier alpha value is -7.88. The molecule has 9 aromatic rings. The van der Waals surface area contributed by atoms with E-state index in [1.54, 1.807) is 0 Å². The van der Waals surface area contributed by atoms with Crippen LogP contribution in [0.2, 0.25) is 0 Å². The molecule has 8 aromatic carbocycles. The third-order valence-electron chi connectivity index (χ3n) is 13.1. The number of ether oxygens (including phenoxy) is 1. The maximum absolute atomic E-state index is 7.13. The second-order valence-corrected chi connectivity index (χ2v) is 16.4. The summed E-state index contributed by atoms with van der Waals surface area (Å²) in [5.74, 6) is 2.86. The number of hydrogen-bond donors (Lipinski definition) is 0. The van der Waals surface area contributed by atoms with E-state index in [4.69, 9.17) is 14.7 Å². The van der Waals surface area contributed by atoms with E-state index in [1.807, 2.05) is 0 Å². The van der Waals surface area contributed by atoms with E-state index in [2.05, 4.69) is 231 Å². The van der Waals surface area contributed by atoms with E-state index >= 15 is 0 Å². The minimum absolute atomic E-state index is 0.184. The molecule has 3 unspecified atom stereocenters. The first-order valence-electron chi connectivity index (χ1n) is 21.4. The van der Waals surface area contributed by atoms with E-state index in [9.17, 15) is 0 Å². The summed E-state index contributed by atoms with van der Waals surface area (Å²) in [6.07, 6.45) is 9.21. The predicted octanol–water partition coefficient (Wildman–Crippen LogP) is 14.8. The van der Waals surface area contributed by atoms with E-state index in [1.165, 1.54) is 33.4 Å². The van der Waals surface area contributed by atoms with Crippen LogP contribution >= 0.6 is 0 Å². The molecule has 3 atom stereocenters. The molecule has 0 bridgehead atoms. The summed E-state index contributed by atoms with van der Waals surface area (Å²) in [4.78, 5) is 10.8. The van der Waals surface area contributed by atoms with Gasteiger partial charge >= 0.3 is 0 Å². The van der Waals surface area contributed by atoms with Crippen molar-refractivity contribution in [1.29, 1.82) is 0 Å². The standard InChI is InChI=1S/C59H40N2O/c1-3-16-39(17-4-1)41-30-34-43(35-31-41)54-38-55(44-36-32-42(33-37-44)40-18-5-2-6-19-40)61-58(60-54)49-23-8-7-20-45(49)48-24-15-28-53-57(48)62-56-29-14-13-27-52(56)59(53)50-25-11-9-21-46(50)47-22-10-12-26-51(47)59/h1-38,46,50H. The van der Waals surface area contributed by atoms with Gasteiger partial charge in [-0.3, -0.25) is 0 Å². The van der Waals surface area contributed by atoms with Crippen molar-refractivity contribution >= 4 is 0 Å². The summed E-state index contributed by atoms with van der Waals surface area (Å²) >= 11 is 0. The minimum Gasteiger partial charge on any atom is -0.456 e.